The monoisotopic (exact) mass is 407 g/mol. The van der Waals surface area contributed by atoms with Crippen LogP contribution in [0.3, 0.4) is 0 Å². The van der Waals surface area contributed by atoms with Crippen molar-refractivity contribution in [1.82, 2.24) is 10.2 Å². The molecule has 2 saturated heterocycles. The Morgan fingerprint density at radius 3 is 2.95 bits per heavy atom. The van der Waals surface area contributed by atoms with Crippen LogP contribution in [0.2, 0.25) is 5.02 Å². The van der Waals surface area contributed by atoms with Gasteiger partial charge in [-0.05, 0) is 49.5 Å². The van der Waals surface area contributed by atoms with Crippen LogP contribution in [0.25, 0.3) is 0 Å². The van der Waals surface area contributed by atoms with Crippen LogP contribution in [0.1, 0.15) is 12.8 Å². The van der Waals surface area contributed by atoms with Gasteiger partial charge in [-0.25, -0.2) is 0 Å². The van der Waals surface area contributed by atoms with Crippen molar-refractivity contribution in [1.29, 1.82) is 0 Å². The normalized spacial score (nSPS) is 24.5. The molecular formula is C15H20BrCl2N3O. The van der Waals surface area contributed by atoms with Crippen molar-refractivity contribution < 1.29 is 4.79 Å². The number of nitrogens with one attached hydrogen (secondary N) is 2. The second-order valence-corrected chi connectivity index (χ2v) is 7.38. The van der Waals surface area contributed by atoms with Crippen molar-refractivity contribution in [2.45, 2.75) is 12.8 Å². The van der Waals surface area contributed by atoms with Gasteiger partial charge in [0.15, 0.2) is 0 Å². The summed E-state index contributed by atoms with van der Waals surface area (Å²) in [5, 5.41) is 6.88. The van der Waals surface area contributed by atoms with Gasteiger partial charge in [0.05, 0.1) is 17.3 Å². The predicted molar refractivity (Wildman–Crippen MR) is 96.0 cm³/mol. The van der Waals surface area contributed by atoms with Gasteiger partial charge in [-0.2, -0.15) is 0 Å². The molecule has 3 rings (SSSR count). The van der Waals surface area contributed by atoms with Gasteiger partial charge in [-0.3, -0.25) is 9.69 Å². The lowest BCUT2D eigenvalue weighted by Crippen LogP contribution is -2.34. The van der Waals surface area contributed by atoms with Crippen LogP contribution in [0.5, 0.6) is 0 Å². The fourth-order valence-electron chi connectivity index (χ4n) is 3.29. The van der Waals surface area contributed by atoms with E-state index in [4.69, 9.17) is 11.6 Å². The van der Waals surface area contributed by atoms with Crippen molar-refractivity contribution in [2.24, 2.45) is 5.41 Å². The summed E-state index contributed by atoms with van der Waals surface area (Å²) in [6, 6.07) is 5.47. The molecule has 0 radical (unpaired) electrons. The summed E-state index contributed by atoms with van der Waals surface area (Å²) >= 11 is 9.48. The van der Waals surface area contributed by atoms with E-state index in [1.54, 1.807) is 6.07 Å². The zero-order valence-electron chi connectivity index (χ0n) is 12.2. The highest BCUT2D eigenvalue weighted by Crippen LogP contribution is 2.35. The second kappa shape index (κ2) is 7.49. The Bertz CT molecular complexity index is 550. The maximum atomic E-state index is 12.2. The van der Waals surface area contributed by atoms with Gasteiger partial charge in [-0.15, -0.1) is 12.4 Å². The minimum absolute atomic E-state index is 0. The van der Waals surface area contributed by atoms with Crippen molar-refractivity contribution >= 4 is 51.5 Å². The molecule has 7 heteroatoms. The lowest BCUT2D eigenvalue weighted by Gasteiger charge is -2.22. The average molecular weight is 409 g/mol. The zero-order chi connectivity index (χ0) is 14.9. The molecule has 2 N–H and O–H groups in total. The highest BCUT2D eigenvalue weighted by Gasteiger charge is 2.40. The van der Waals surface area contributed by atoms with Gasteiger partial charge >= 0.3 is 0 Å². The first kappa shape index (κ1) is 18.0. The van der Waals surface area contributed by atoms with E-state index in [0.29, 0.717) is 22.7 Å². The first-order chi connectivity index (χ1) is 10.1. The molecule has 2 fully saturated rings. The largest absolute Gasteiger partial charge is 0.324 e. The Kier molecular flexibility index (Phi) is 6.14. The number of anilines is 1. The molecule has 2 heterocycles. The fraction of sp³-hybridized carbons (Fsp3) is 0.533. The number of amides is 1. The molecular weight excluding hydrogens is 389 g/mol. The van der Waals surface area contributed by atoms with Crippen LogP contribution in [0, 0.1) is 5.41 Å². The van der Waals surface area contributed by atoms with Crippen molar-refractivity contribution in [3.05, 3.63) is 27.7 Å². The summed E-state index contributed by atoms with van der Waals surface area (Å²) < 4.78 is 0.903. The number of carbonyl (C=O) groups is 1. The molecule has 0 bridgehead atoms. The average Bonchev–Trinajstić information content (AvgIpc) is 3.04. The third-order valence-corrected chi connectivity index (χ3v) is 5.23. The van der Waals surface area contributed by atoms with Gasteiger partial charge in [0.2, 0.25) is 5.91 Å². The molecule has 4 nitrogen and oxygen atoms in total. The molecule has 0 aromatic heterocycles. The topological polar surface area (TPSA) is 44.4 Å². The zero-order valence-corrected chi connectivity index (χ0v) is 15.4. The van der Waals surface area contributed by atoms with E-state index >= 15 is 0 Å². The lowest BCUT2D eigenvalue weighted by molar-refractivity contribution is -0.117. The Hall–Kier alpha value is -0.330. The number of likely N-dealkylation sites (tertiary alicyclic amines) is 1. The van der Waals surface area contributed by atoms with E-state index in [1.165, 1.54) is 12.8 Å². The molecule has 0 saturated carbocycles. The number of rotatable bonds is 3. The molecule has 1 aromatic carbocycles. The van der Waals surface area contributed by atoms with E-state index < -0.39 is 0 Å². The molecule has 22 heavy (non-hydrogen) atoms. The van der Waals surface area contributed by atoms with Gasteiger partial charge < -0.3 is 10.6 Å². The molecule has 1 unspecified atom stereocenters. The summed E-state index contributed by atoms with van der Waals surface area (Å²) in [5.41, 5.74) is 1.07. The summed E-state index contributed by atoms with van der Waals surface area (Å²) in [7, 11) is 0. The van der Waals surface area contributed by atoms with E-state index in [0.717, 1.165) is 30.7 Å². The molecule has 122 valence electrons. The number of hydrogen-bond donors (Lipinski definition) is 2. The summed E-state index contributed by atoms with van der Waals surface area (Å²) in [4.78, 5) is 14.4. The number of carbonyl (C=O) groups excluding carboxylic acids is 1. The second-order valence-electron chi connectivity index (χ2n) is 6.06. The number of hydrogen-bond acceptors (Lipinski definition) is 3. The predicted octanol–water partition coefficient (Wildman–Crippen LogP) is 3.15. The maximum Gasteiger partial charge on any atom is 0.238 e. The maximum absolute atomic E-state index is 12.2. The SMILES string of the molecule is Cl.O=C(CN1CCC2(CCNC2)C1)Nc1ccc(Br)cc1Cl. The van der Waals surface area contributed by atoms with E-state index in [9.17, 15) is 4.79 Å². The highest BCUT2D eigenvalue weighted by molar-refractivity contribution is 9.10. The van der Waals surface area contributed by atoms with Gasteiger partial charge in [0.1, 0.15) is 0 Å². The minimum Gasteiger partial charge on any atom is -0.324 e. The van der Waals surface area contributed by atoms with Crippen LogP contribution in [0.15, 0.2) is 22.7 Å². The van der Waals surface area contributed by atoms with Gasteiger partial charge in [0.25, 0.3) is 0 Å². The fourth-order valence-corrected chi connectivity index (χ4v) is 4.01. The van der Waals surface area contributed by atoms with Crippen molar-refractivity contribution in [2.75, 3.05) is 38.0 Å². The highest BCUT2D eigenvalue weighted by atomic mass is 79.9. The minimum atomic E-state index is 0. The molecule has 1 amide bonds. The van der Waals surface area contributed by atoms with Gasteiger partial charge in [0, 0.05) is 17.6 Å². The van der Waals surface area contributed by atoms with E-state index in [1.807, 2.05) is 12.1 Å². The third kappa shape index (κ3) is 4.15. The smallest absolute Gasteiger partial charge is 0.238 e. The van der Waals surface area contributed by atoms with Crippen molar-refractivity contribution in [3.8, 4) is 0 Å². The van der Waals surface area contributed by atoms with E-state index in [2.05, 4.69) is 31.5 Å². The van der Waals surface area contributed by atoms with E-state index in [-0.39, 0.29) is 18.3 Å². The Morgan fingerprint density at radius 1 is 1.45 bits per heavy atom. The molecule has 2 aliphatic heterocycles. The number of halogens is 3. The van der Waals surface area contributed by atoms with Gasteiger partial charge in [-0.1, -0.05) is 27.5 Å². The Balaban J connectivity index is 0.00000176. The first-order valence-corrected chi connectivity index (χ1v) is 8.41. The van der Waals surface area contributed by atoms with Crippen LogP contribution in [0.4, 0.5) is 5.69 Å². The molecule has 0 aliphatic carbocycles. The standard InChI is InChI=1S/C15H19BrClN3O.ClH/c16-11-1-2-13(12(17)7-11)19-14(21)8-20-6-4-15(10-20)3-5-18-9-15;/h1-2,7,18H,3-6,8-10H2,(H,19,21);1H. The van der Waals surface area contributed by atoms with Crippen LogP contribution >= 0.6 is 39.9 Å². The molecule has 1 aromatic rings. The van der Waals surface area contributed by atoms with Crippen LogP contribution < -0.4 is 10.6 Å². The van der Waals surface area contributed by atoms with Crippen LogP contribution in [-0.2, 0) is 4.79 Å². The molecule has 2 aliphatic rings. The van der Waals surface area contributed by atoms with Crippen LogP contribution in [-0.4, -0.2) is 43.5 Å². The molecule has 1 spiro atoms. The quantitative estimate of drug-likeness (QED) is 0.807. The number of benzene rings is 1. The molecule has 1 atom stereocenters. The Morgan fingerprint density at radius 2 is 2.27 bits per heavy atom. The third-order valence-electron chi connectivity index (χ3n) is 4.42. The summed E-state index contributed by atoms with van der Waals surface area (Å²) in [5.74, 6) is 0.00206. The number of nitrogens with zero attached hydrogens (tertiary/aromatic N) is 1. The summed E-state index contributed by atoms with van der Waals surface area (Å²) in [6.07, 6.45) is 2.41. The van der Waals surface area contributed by atoms with Crippen molar-refractivity contribution in [3.63, 3.8) is 0 Å². The lowest BCUT2D eigenvalue weighted by atomic mass is 9.87. The first-order valence-electron chi connectivity index (χ1n) is 7.24. The summed E-state index contributed by atoms with van der Waals surface area (Å²) in [6.45, 7) is 4.65. The Labute approximate surface area is 150 Å².